The predicted molar refractivity (Wildman–Crippen MR) is 84.4 cm³/mol. The number of piperidine rings is 1. The molecule has 2 heterocycles. The Hall–Kier alpha value is -1.56. The number of amides is 2. The number of nitrogens with zero attached hydrogens (tertiary/aromatic N) is 1. The number of hydrogen-bond acceptors (Lipinski definition) is 3. The fourth-order valence-corrected chi connectivity index (χ4v) is 3.51. The molecule has 0 unspecified atom stereocenters. The number of aryl methyl sites for hydroxylation is 1. The van der Waals surface area contributed by atoms with Crippen molar-refractivity contribution in [2.45, 2.75) is 40.5 Å². The molecular weight excluding hydrogens is 288 g/mol. The molecule has 0 bridgehead atoms. The molecule has 1 aromatic heterocycles. The number of carboxylic acid groups (broad SMARTS) is 1. The van der Waals surface area contributed by atoms with Crippen LogP contribution in [0, 0.1) is 19.3 Å². The quantitative estimate of drug-likeness (QED) is 0.874. The summed E-state index contributed by atoms with van der Waals surface area (Å²) < 4.78 is 0. The Balaban J connectivity index is 2.10. The van der Waals surface area contributed by atoms with E-state index in [-0.39, 0.29) is 17.0 Å². The van der Waals surface area contributed by atoms with E-state index in [0.717, 1.165) is 23.3 Å². The van der Waals surface area contributed by atoms with Crippen LogP contribution >= 0.6 is 11.3 Å². The zero-order valence-corrected chi connectivity index (χ0v) is 13.8. The third-order valence-corrected chi connectivity index (χ3v) is 5.35. The lowest BCUT2D eigenvalue weighted by atomic mass is 9.83. The van der Waals surface area contributed by atoms with Crippen LogP contribution in [0.4, 0.5) is 9.80 Å². The summed E-state index contributed by atoms with van der Waals surface area (Å²) in [5.41, 5.74) is 1.21. The Morgan fingerprint density at radius 2 is 1.81 bits per heavy atom. The normalized spacial score (nSPS) is 17.6. The van der Waals surface area contributed by atoms with E-state index < -0.39 is 5.97 Å². The van der Waals surface area contributed by atoms with E-state index in [1.54, 1.807) is 11.8 Å². The SMILES string of the molecule is Cc1sc(NC(=O)N2CCC(C)(C)CC2)c(C(=O)O)c1C. The van der Waals surface area contributed by atoms with Crippen LogP contribution < -0.4 is 5.32 Å². The molecular formula is C15H22N2O3S. The summed E-state index contributed by atoms with van der Waals surface area (Å²) >= 11 is 1.32. The van der Waals surface area contributed by atoms with E-state index in [4.69, 9.17) is 0 Å². The van der Waals surface area contributed by atoms with Crippen LogP contribution in [0.5, 0.6) is 0 Å². The second-order valence-electron chi connectivity index (χ2n) is 6.37. The lowest BCUT2D eigenvalue weighted by Crippen LogP contribution is -2.43. The van der Waals surface area contributed by atoms with E-state index in [1.165, 1.54) is 11.3 Å². The Bertz CT molecular complexity index is 568. The molecule has 0 spiro atoms. The molecule has 0 radical (unpaired) electrons. The maximum Gasteiger partial charge on any atom is 0.338 e. The molecule has 2 rings (SSSR count). The topological polar surface area (TPSA) is 69.6 Å². The highest BCUT2D eigenvalue weighted by Crippen LogP contribution is 2.34. The number of carboxylic acids is 1. The molecule has 2 N–H and O–H groups in total. The van der Waals surface area contributed by atoms with Crippen molar-refractivity contribution in [2.24, 2.45) is 5.41 Å². The van der Waals surface area contributed by atoms with Crippen LogP contribution in [-0.4, -0.2) is 35.1 Å². The highest BCUT2D eigenvalue weighted by Gasteiger charge is 2.29. The van der Waals surface area contributed by atoms with Crippen LogP contribution in [0.2, 0.25) is 0 Å². The summed E-state index contributed by atoms with van der Waals surface area (Å²) in [4.78, 5) is 26.3. The summed E-state index contributed by atoms with van der Waals surface area (Å²) in [5, 5.41) is 12.5. The van der Waals surface area contributed by atoms with Crippen LogP contribution in [0.15, 0.2) is 0 Å². The number of nitrogens with one attached hydrogen (secondary N) is 1. The van der Waals surface area contributed by atoms with Gasteiger partial charge in [0.05, 0.1) is 5.56 Å². The van der Waals surface area contributed by atoms with Gasteiger partial charge in [-0.15, -0.1) is 11.3 Å². The van der Waals surface area contributed by atoms with Gasteiger partial charge in [0.2, 0.25) is 0 Å². The van der Waals surface area contributed by atoms with Gasteiger partial charge in [-0.25, -0.2) is 9.59 Å². The van der Waals surface area contributed by atoms with Gasteiger partial charge >= 0.3 is 12.0 Å². The Morgan fingerprint density at radius 1 is 1.24 bits per heavy atom. The van der Waals surface area contributed by atoms with Crippen LogP contribution in [0.25, 0.3) is 0 Å². The summed E-state index contributed by atoms with van der Waals surface area (Å²) in [7, 11) is 0. The minimum atomic E-state index is -0.994. The monoisotopic (exact) mass is 310 g/mol. The zero-order valence-electron chi connectivity index (χ0n) is 12.9. The van der Waals surface area contributed by atoms with Gasteiger partial charge in [-0.2, -0.15) is 0 Å². The molecule has 2 amide bonds. The van der Waals surface area contributed by atoms with Crippen molar-refractivity contribution in [2.75, 3.05) is 18.4 Å². The van der Waals surface area contributed by atoms with Gasteiger partial charge in [0.1, 0.15) is 5.00 Å². The minimum Gasteiger partial charge on any atom is -0.478 e. The van der Waals surface area contributed by atoms with Gasteiger partial charge in [0.15, 0.2) is 0 Å². The van der Waals surface area contributed by atoms with Crippen molar-refractivity contribution in [3.63, 3.8) is 0 Å². The molecule has 0 aliphatic carbocycles. The van der Waals surface area contributed by atoms with E-state index in [2.05, 4.69) is 19.2 Å². The van der Waals surface area contributed by atoms with E-state index in [9.17, 15) is 14.7 Å². The third-order valence-electron chi connectivity index (χ3n) is 4.22. The number of carbonyl (C=O) groups is 2. The van der Waals surface area contributed by atoms with Crippen LogP contribution in [0.1, 0.15) is 47.5 Å². The number of urea groups is 1. The number of thiophene rings is 1. The molecule has 0 aromatic carbocycles. The van der Waals surface area contributed by atoms with Gasteiger partial charge in [0, 0.05) is 18.0 Å². The molecule has 6 heteroatoms. The van der Waals surface area contributed by atoms with Crippen molar-refractivity contribution in [1.29, 1.82) is 0 Å². The smallest absolute Gasteiger partial charge is 0.338 e. The van der Waals surface area contributed by atoms with E-state index in [1.807, 2.05) is 6.92 Å². The average molecular weight is 310 g/mol. The molecule has 0 saturated carbocycles. The highest BCUT2D eigenvalue weighted by atomic mass is 32.1. The fraction of sp³-hybridized carbons (Fsp3) is 0.600. The minimum absolute atomic E-state index is 0.200. The van der Waals surface area contributed by atoms with Crippen molar-refractivity contribution in [3.05, 3.63) is 16.0 Å². The molecule has 1 saturated heterocycles. The Kier molecular flexibility index (Phi) is 4.27. The second-order valence-corrected chi connectivity index (χ2v) is 7.60. The number of aromatic carboxylic acids is 1. The van der Waals surface area contributed by atoms with Gasteiger partial charge in [-0.3, -0.25) is 5.32 Å². The molecule has 21 heavy (non-hydrogen) atoms. The predicted octanol–water partition coefficient (Wildman–Crippen LogP) is 3.72. The van der Waals surface area contributed by atoms with Gasteiger partial charge < -0.3 is 10.0 Å². The highest BCUT2D eigenvalue weighted by molar-refractivity contribution is 7.16. The molecule has 1 aliphatic rings. The van der Waals surface area contributed by atoms with Crippen LogP contribution in [0.3, 0.4) is 0 Å². The summed E-state index contributed by atoms with van der Waals surface area (Å²) in [5.74, 6) is -0.994. The van der Waals surface area contributed by atoms with Crippen molar-refractivity contribution >= 4 is 28.3 Å². The van der Waals surface area contributed by atoms with Crippen LogP contribution in [-0.2, 0) is 0 Å². The third kappa shape index (κ3) is 3.37. The number of rotatable bonds is 2. The summed E-state index contributed by atoms with van der Waals surface area (Å²) in [6.07, 6.45) is 1.93. The fourth-order valence-electron chi connectivity index (χ4n) is 2.46. The number of anilines is 1. The first-order valence-electron chi connectivity index (χ1n) is 7.10. The molecule has 5 nitrogen and oxygen atoms in total. The Labute approximate surface area is 129 Å². The van der Waals surface area contributed by atoms with Crippen molar-refractivity contribution < 1.29 is 14.7 Å². The molecule has 116 valence electrons. The number of hydrogen-bond donors (Lipinski definition) is 2. The van der Waals surface area contributed by atoms with Gasteiger partial charge in [-0.05, 0) is 37.7 Å². The number of carbonyl (C=O) groups excluding carboxylic acids is 1. The lowest BCUT2D eigenvalue weighted by Gasteiger charge is -2.36. The Morgan fingerprint density at radius 3 is 2.33 bits per heavy atom. The van der Waals surface area contributed by atoms with E-state index >= 15 is 0 Å². The standard InChI is InChI=1S/C15H22N2O3S/c1-9-10(2)21-12(11(9)13(18)19)16-14(20)17-7-5-15(3,4)6-8-17/h5-8H2,1-4H3,(H,16,20)(H,18,19). The molecule has 1 aliphatic heterocycles. The first-order chi connectivity index (χ1) is 9.71. The van der Waals surface area contributed by atoms with Crippen molar-refractivity contribution in [3.8, 4) is 0 Å². The van der Waals surface area contributed by atoms with E-state index in [0.29, 0.717) is 18.1 Å². The second kappa shape index (κ2) is 5.67. The lowest BCUT2D eigenvalue weighted by molar-refractivity contribution is 0.0697. The maximum atomic E-state index is 12.3. The molecule has 1 aromatic rings. The maximum absolute atomic E-state index is 12.3. The first kappa shape index (κ1) is 15.8. The van der Waals surface area contributed by atoms with Gasteiger partial charge in [-0.1, -0.05) is 13.8 Å². The summed E-state index contributed by atoms with van der Waals surface area (Å²) in [6.45, 7) is 9.47. The molecule has 1 fully saturated rings. The van der Waals surface area contributed by atoms with Crippen molar-refractivity contribution in [1.82, 2.24) is 4.90 Å². The zero-order chi connectivity index (χ0) is 15.8. The summed E-state index contributed by atoms with van der Waals surface area (Å²) in [6, 6.07) is -0.200. The largest absolute Gasteiger partial charge is 0.478 e. The first-order valence-corrected chi connectivity index (χ1v) is 7.92. The average Bonchev–Trinajstić information content (AvgIpc) is 2.64. The number of likely N-dealkylation sites (tertiary alicyclic amines) is 1. The molecule has 0 atom stereocenters. The van der Waals surface area contributed by atoms with Gasteiger partial charge in [0.25, 0.3) is 0 Å².